The number of anilines is 1. The maximum atomic E-state index is 11.1. The van der Waals surface area contributed by atoms with Gasteiger partial charge in [0.25, 0.3) is 5.69 Å². The van der Waals surface area contributed by atoms with Gasteiger partial charge in [0.2, 0.25) is 5.91 Å². The van der Waals surface area contributed by atoms with Crippen LogP contribution in [0.4, 0.5) is 11.4 Å². The number of nitrogens with zero attached hydrogens (tertiary/aromatic N) is 2. The number of carbonyl (C=O) groups is 1. The van der Waals surface area contributed by atoms with Crippen molar-refractivity contribution in [2.45, 2.75) is 19.8 Å². The minimum absolute atomic E-state index is 0.0506. The molecular formula is C13H17N3O3. The Morgan fingerprint density at radius 3 is 2.84 bits per heavy atom. The van der Waals surface area contributed by atoms with E-state index in [1.54, 1.807) is 12.1 Å². The zero-order valence-electron chi connectivity index (χ0n) is 10.8. The minimum Gasteiger partial charge on any atom is -0.366 e. The van der Waals surface area contributed by atoms with Gasteiger partial charge in [0.05, 0.1) is 4.92 Å². The predicted molar refractivity (Wildman–Crippen MR) is 72.2 cm³/mol. The van der Waals surface area contributed by atoms with Gasteiger partial charge in [0, 0.05) is 24.7 Å². The van der Waals surface area contributed by atoms with Crippen molar-refractivity contribution in [2.75, 3.05) is 18.0 Å². The molecule has 0 radical (unpaired) electrons. The van der Waals surface area contributed by atoms with Gasteiger partial charge in [0.1, 0.15) is 5.69 Å². The number of amides is 1. The number of primary amides is 1. The fourth-order valence-corrected chi connectivity index (χ4v) is 2.50. The summed E-state index contributed by atoms with van der Waals surface area (Å²) in [6.45, 7) is 3.74. The third kappa shape index (κ3) is 2.83. The molecule has 1 atom stereocenters. The smallest absolute Gasteiger partial charge is 0.293 e. The molecule has 6 heteroatoms. The van der Waals surface area contributed by atoms with Gasteiger partial charge < -0.3 is 10.6 Å². The van der Waals surface area contributed by atoms with Crippen LogP contribution in [-0.2, 0) is 0 Å². The summed E-state index contributed by atoms with van der Waals surface area (Å²) in [4.78, 5) is 23.8. The third-order valence-corrected chi connectivity index (χ3v) is 3.45. The Balaban J connectivity index is 2.38. The first-order valence-electron chi connectivity index (χ1n) is 6.32. The van der Waals surface area contributed by atoms with Crippen LogP contribution in [0.3, 0.4) is 0 Å². The molecule has 1 amide bonds. The molecule has 0 saturated carbocycles. The number of nitrogens with two attached hydrogens (primary N) is 1. The molecule has 0 aliphatic carbocycles. The maximum Gasteiger partial charge on any atom is 0.293 e. The lowest BCUT2D eigenvalue weighted by Gasteiger charge is -2.32. The van der Waals surface area contributed by atoms with Gasteiger partial charge in [-0.1, -0.05) is 6.92 Å². The van der Waals surface area contributed by atoms with E-state index in [1.165, 1.54) is 6.07 Å². The first-order valence-corrected chi connectivity index (χ1v) is 6.32. The molecule has 1 aliphatic rings. The van der Waals surface area contributed by atoms with E-state index >= 15 is 0 Å². The topological polar surface area (TPSA) is 89.5 Å². The van der Waals surface area contributed by atoms with Crippen molar-refractivity contribution in [1.29, 1.82) is 0 Å². The van der Waals surface area contributed by atoms with Crippen LogP contribution >= 0.6 is 0 Å². The van der Waals surface area contributed by atoms with Crippen LogP contribution in [0.5, 0.6) is 0 Å². The lowest BCUT2D eigenvalue weighted by molar-refractivity contribution is -0.384. The Morgan fingerprint density at radius 2 is 2.26 bits per heavy atom. The summed E-state index contributed by atoms with van der Waals surface area (Å²) in [5.74, 6) is -0.133. The number of rotatable bonds is 3. The SMILES string of the molecule is CC1CCCN(c2ccc(C(N)=O)cc2[N+](=O)[O-])C1. The Kier molecular flexibility index (Phi) is 3.69. The first-order chi connectivity index (χ1) is 8.99. The van der Waals surface area contributed by atoms with E-state index in [0.717, 1.165) is 25.9 Å². The largest absolute Gasteiger partial charge is 0.366 e. The summed E-state index contributed by atoms with van der Waals surface area (Å²) < 4.78 is 0. The summed E-state index contributed by atoms with van der Waals surface area (Å²) in [6, 6.07) is 4.43. The Labute approximate surface area is 111 Å². The van der Waals surface area contributed by atoms with E-state index in [-0.39, 0.29) is 11.3 Å². The molecule has 1 saturated heterocycles. The van der Waals surface area contributed by atoms with Crippen molar-refractivity contribution in [3.63, 3.8) is 0 Å². The van der Waals surface area contributed by atoms with E-state index in [1.807, 2.05) is 4.90 Å². The molecule has 1 fully saturated rings. The number of piperidine rings is 1. The van der Waals surface area contributed by atoms with Crippen molar-refractivity contribution in [3.05, 3.63) is 33.9 Å². The fourth-order valence-electron chi connectivity index (χ4n) is 2.50. The Bertz CT molecular complexity index is 516. The summed E-state index contributed by atoms with van der Waals surface area (Å²) in [7, 11) is 0. The molecule has 1 unspecified atom stereocenters. The van der Waals surface area contributed by atoms with E-state index in [0.29, 0.717) is 11.6 Å². The number of carbonyl (C=O) groups excluding carboxylic acids is 1. The van der Waals surface area contributed by atoms with Gasteiger partial charge in [-0.25, -0.2) is 0 Å². The van der Waals surface area contributed by atoms with Gasteiger partial charge in [-0.05, 0) is 30.9 Å². The zero-order valence-corrected chi connectivity index (χ0v) is 10.8. The molecule has 0 bridgehead atoms. The van der Waals surface area contributed by atoms with E-state index in [2.05, 4.69) is 6.92 Å². The van der Waals surface area contributed by atoms with E-state index < -0.39 is 10.8 Å². The van der Waals surface area contributed by atoms with Crippen molar-refractivity contribution in [1.82, 2.24) is 0 Å². The van der Waals surface area contributed by atoms with Crippen LogP contribution in [0.1, 0.15) is 30.1 Å². The van der Waals surface area contributed by atoms with Gasteiger partial charge in [0.15, 0.2) is 0 Å². The van der Waals surface area contributed by atoms with Crippen LogP contribution in [0.15, 0.2) is 18.2 Å². The second-order valence-corrected chi connectivity index (χ2v) is 5.02. The number of hydrogen-bond acceptors (Lipinski definition) is 4. The van der Waals surface area contributed by atoms with Crippen molar-refractivity contribution in [3.8, 4) is 0 Å². The predicted octanol–water partition coefficient (Wildman–Crippen LogP) is 1.93. The second kappa shape index (κ2) is 5.26. The van der Waals surface area contributed by atoms with Crippen LogP contribution in [0.2, 0.25) is 0 Å². The average Bonchev–Trinajstić information content (AvgIpc) is 2.37. The summed E-state index contributed by atoms with van der Waals surface area (Å²) in [5.41, 5.74) is 5.85. The van der Waals surface area contributed by atoms with Crippen LogP contribution in [0.25, 0.3) is 0 Å². The van der Waals surface area contributed by atoms with Crippen molar-refractivity contribution >= 4 is 17.3 Å². The molecule has 1 heterocycles. The summed E-state index contributed by atoms with van der Waals surface area (Å²) in [5, 5.41) is 11.1. The fraction of sp³-hybridized carbons (Fsp3) is 0.462. The third-order valence-electron chi connectivity index (χ3n) is 3.45. The number of hydrogen-bond donors (Lipinski definition) is 1. The second-order valence-electron chi connectivity index (χ2n) is 5.02. The molecule has 1 aromatic carbocycles. The van der Waals surface area contributed by atoms with Crippen molar-refractivity contribution in [2.24, 2.45) is 11.7 Å². The molecule has 102 valence electrons. The molecule has 0 spiro atoms. The molecule has 19 heavy (non-hydrogen) atoms. The van der Waals surface area contributed by atoms with Gasteiger partial charge >= 0.3 is 0 Å². The Hall–Kier alpha value is -2.11. The normalized spacial score (nSPS) is 19.2. The molecule has 1 aliphatic heterocycles. The standard InChI is InChI=1S/C13H17N3O3/c1-9-3-2-6-15(8-9)11-5-4-10(13(14)17)7-12(11)16(18)19/h4-5,7,9H,2-3,6,8H2,1H3,(H2,14,17). The quantitative estimate of drug-likeness (QED) is 0.666. The lowest BCUT2D eigenvalue weighted by atomic mass is 9.99. The van der Waals surface area contributed by atoms with E-state index in [4.69, 9.17) is 5.73 Å². The van der Waals surface area contributed by atoms with Crippen molar-refractivity contribution < 1.29 is 9.72 Å². The average molecular weight is 263 g/mol. The number of benzene rings is 1. The molecule has 0 aromatic heterocycles. The summed E-state index contributed by atoms with van der Waals surface area (Å²) >= 11 is 0. The Morgan fingerprint density at radius 1 is 1.53 bits per heavy atom. The molecule has 1 aromatic rings. The molecule has 2 N–H and O–H groups in total. The highest BCUT2D eigenvalue weighted by Gasteiger charge is 2.24. The number of nitro benzene ring substituents is 1. The minimum atomic E-state index is -0.651. The first kappa shape index (κ1) is 13.3. The molecule has 6 nitrogen and oxygen atoms in total. The highest BCUT2D eigenvalue weighted by atomic mass is 16.6. The highest BCUT2D eigenvalue weighted by molar-refractivity contribution is 5.94. The summed E-state index contributed by atoms with van der Waals surface area (Å²) in [6.07, 6.45) is 2.17. The number of nitro groups is 1. The van der Waals surface area contributed by atoms with Crippen LogP contribution < -0.4 is 10.6 Å². The maximum absolute atomic E-state index is 11.1. The lowest BCUT2D eigenvalue weighted by Crippen LogP contribution is -2.34. The van der Waals surface area contributed by atoms with Gasteiger partial charge in [-0.15, -0.1) is 0 Å². The van der Waals surface area contributed by atoms with Gasteiger partial charge in [-0.2, -0.15) is 0 Å². The highest BCUT2D eigenvalue weighted by Crippen LogP contribution is 2.32. The van der Waals surface area contributed by atoms with Crippen LogP contribution in [0, 0.1) is 16.0 Å². The van der Waals surface area contributed by atoms with Crippen LogP contribution in [-0.4, -0.2) is 23.9 Å². The molecule has 2 rings (SSSR count). The van der Waals surface area contributed by atoms with Gasteiger partial charge in [-0.3, -0.25) is 14.9 Å². The van der Waals surface area contributed by atoms with E-state index in [9.17, 15) is 14.9 Å². The monoisotopic (exact) mass is 263 g/mol. The zero-order chi connectivity index (χ0) is 14.0. The molecular weight excluding hydrogens is 246 g/mol.